The topological polar surface area (TPSA) is 85.4 Å². The summed E-state index contributed by atoms with van der Waals surface area (Å²) in [5.74, 6) is -2.08. The van der Waals surface area contributed by atoms with E-state index >= 15 is 0 Å². The molecule has 0 bridgehead atoms. The summed E-state index contributed by atoms with van der Waals surface area (Å²) in [6, 6.07) is 7.06. The molecule has 0 spiro atoms. The summed E-state index contributed by atoms with van der Waals surface area (Å²) in [5, 5.41) is 9.54. The molecule has 0 saturated heterocycles. The van der Waals surface area contributed by atoms with Crippen LogP contribution in [0.5, 0.6) is 17.4 Å². The average molecular weight is 298 g/mol. The molecule has 1 aromatic heterocycles. The van der Waals surface area contributed by atoms with E-state index in [1.807, 2.05) is 0 Å². The normalized spacial score (nSPS) is 11.2. The molecule has 0 unspecified atom stereocenters. The van der Waals surface area contributed by atoms with E-state index in [4.69, 9.17) is 10.5 Å². The van der Waals surface area contributed by atoms with Crippen LogP contribution in [0.3, 0.4) is 0 Å². The number of ether oxygens (including phenoxy) is 1. The molecule has 0 aliphatic heterocycles. The maximum absolute atomic E-state index is 12.6. The maximum Gasteiger partial charge on any atom is 0.433 e. The molecule has 5 nitrogen and oxygen atoms in total. The number of aromatic hydroxyl groups is 1. The highest BCUT2D eigenvalue weighted by atomic mass is 19.4. The van der Waals surface area contributed by atoms with E-state index in [1.54, 1.807) is 0 Å². The van der Waals surface area contributed by atoms with Crippen LogP contribution in [0.2, 0.25) is 0 Å². The van der Waals surface area contributed by atoms with E-state index in [-0.39, 0.29) is 17.1 Å². The van der Waals surface area contributed by atoms with Gasteiger partial charge in [0.1, 0.15) is 11.3 Å². The molecule has 21 heavy (non-hydrogen) atoms. The zero-order valence-electron chi connectivity index (χ0n) is 10.4. The lowest BCUT2D eigenvalue weighted by molar-refractivity contribution is -0.141. The SMILES string of the molecule is NC(=O)c1ccc(C(F)(F)F)nc1Oc1ccccc1O. The number of carbonyl (C=O) groups is 1. The van der Waals surface area contributed by atoms with Crippen LogP contribution in [0, 0.1) is 0 Å². The van der Waals surface area contributed by atoms with Crippen molar-refractivity contribution in [3.8, 4) is 17.4 Å². The van der Waals surface area contributed by atoms with Gasteiger partial charge in [-0.25, -0.2) is 4.98 Å². The smallest absolute Gasteiger partial charge is 0.433 e. The number of aromatic nitrogens is 1. The lowest BCUT2D eigenvalue weighted by Gasteiger charge is -2.12. The second-order valence-corrected chi connectivity index (χ2v) is 3.98. The number of para-hydroxylation sites is 2. The summed E-state index contributed by atoms with van der Waals surface area (Å²) in [6.07, 6.45) is -4.70. The highest BCUT2D eigenvalue weighted by Gasteiger charge is 2.34. The number of amides is 1. The number of halogens is 3. The molecule has 0 aliphatic carbocycles. The first kappa shape index (κ1) is 14.6. The fourth-order valence-electron chi connectivity index (χ4n) is 1.51. The first-order valence-corrected chi connectivity index (χ1v) is 5.63. The molecular weight excluding hydrogens is 289 g/mol. The van der Waals surface area contributed by atoms with Crippen LogP contribution in [-0.2, 0) is 6.18 Å². The predicted molar refractivity (Wildman–Crippen MR) is 65.9 cm³/mol. The summed E-state index contributed by atoms with van der Waals surface area (Å²) >= 11 is 0. The fraction of sp³-hybridized carbons (Fsp3) is 0.0769. The number of hydrogen-bond acceptors (Lipinski definition) is 4. The van der Waals surface area contributed by atoms with Gasteiger partial charge in [0, 0.05) is 0 Å². The van der Waals surface area contributed by atoms with Gasteiger partial charge in [0.15, 0.2) is 11.5 Å². The average Bonchev–Trinajstić information content (AvgIpc) is 2.40. The molecule has 110 valence electrons. The number of alkyl halides is 3. The number of nitrogens with two attached hydrogens (primary N) is 1. The van der Waals surface area contributed by atoms with Crippen molar-refractivity contribution in [2.45, 2.75) is 6.18 Å². The first-order valence-electron chi connectivity index (χ1n) is 5.63. The molecular formula is C13H9F3N2O3. The molecule has 2 aromatic rings. The van der Waals surface area contributed by atoms with Crippen molar-refractivity contribution >= 4 is 5.91 Å². The Balaban J connectivity index is 2.49. The lowest BCUT2D eigenvalue weighted by Crippen LogP contribution is -2.16. The van der Waals surface area contributed by atoms with Gasteiger partial charge in [-0.05, 0) is 24.3 Å². The summed E-state index contributed by atoms with van der Waals surface area (Å²) in [5.41, 5.74) is 3.50. The van der Waals surface area contributed by atoms with E-state index < -0.39 is 23.7 Å². The molecule has 2 rings (SSSR count). The van der Waals surface area contributed by atoms with Crippen molar-refractivity contribution in [1.29, 1.82) is 0 Å². The fourth-order valence-corrected chi connectivity index (χ4v) is 1.51. The van der Waals surface area contributed by atoms with Crippen molar-refractivity contribution in [1.82, 2.24) is 4.98 Å². The molecule has 1 heterocycles. The van der Waals surface area contributed by atoms with E-state index in [0.717, 1.165) is 6.07 Å². The Morgan fingerprint density at radius 2 is 1.86 bits per heavy atom. The number of pyridine rings is 1. The number of carbonyl (C=O) groups excluding carboxylic acids is 1. The molecule has 0 fully saturated rings. The van der Waals surface area contributed by atoms with Crippen molar-refractivity contribution in [3.63, 3.8) is 0 Å². The van der Waals surface area contributed by atoms with Crippen LogP contribution in [-0.4, -0.2) is 16.0 Å². The predicted octanol–water partition coefficient (Wildman–Crippen LogP) is 2.70. The van der Waals surface area contributed by atoms with Crippen LogP contribution < -0.4 is 10.5 Å². The number of phenolic OH excluding ortho intramolecular Hbond substituents is 1. The van der Waals surface area contributed by atoms with Crippen molar-refractivity contribution in [2.75, 3.05) is 0 Å². The third-order valence-electron chi connectivity index (χ3n) is 2.49. The van der Waals surface area contributed by atoms with Crippen LogP contribution >= 0.6 is 0 Å². The number of primary amides is 1. The minimum atomic E-state index is -4.70. The van der Waals surface area contributed by atoms with Gasteiger partial charge in [0.05, 0.1) is 0 Å². The lowest BCUT2D eigenvalue weighted by atomic mass is 10.2. The number of phenols is 1. The van der Waals surface area contributed by atoms with Crippen LogP contribution in [0.25, 0.3) is 0 Å². The summed E-state index contributed by atoms with van der Waals surface area (Å²) < 4.78 is 43.0. The second kappa shape index (κ2) is 5.31. The van der Waals surface area contributed by atoms with E-state index in [2.05, 4.69) is 4.98 Å². The molecule has 8 heteroatoms. The zero-order valence-corrected chi connectivity index (χ0v) is 10.4. The van der Waals surface area contributed by atoms with Gasteiger partial charge in [0.25, 0.3) is 5.91 Å². The standard InChI is InChI=1S/C13H9F3N2O3/c14-13(15,16)10-6-5-7(11(17)20)12(18-10)21-9-4-2-1-3-8(9)19/h1-6,19H,(H2,17,20). The largest absolute Gasteiger partial charge is 0.504 e. The zero-order chi connectivity index (χ0) is 15.6. The third-order valence-corrected chi connectivity index (χ3v) is 2.49. The minimum absolute atomic E-state index is 0.146. The number of benzene rings is 1. The van der Waals surface area contributed by atoms with Gasteiger partial charge in [-0.1, -0.05) is 12.1 Å². The molecule has 0 saturated carbocycles. The van der Waals surface area contributed by atoms with Gasteiger partial charge in [0.2, 0.25) is 5.88 Å². The van der Waals surface area contributed by atoms with Crippen molar-refractivity contribution in [2.24, 2.45) is 5.73 Å². The maximum atomic E-state index is 12.6. The van der Waals surface area contributed by atoms with E-state index in [0.29, 0.717) is 6.07 Å². The molecule has 0 aliphatic rings. The van der Waals surface area contributed by atoms with Gasteiger partial charge >= 0.3 is 6.18 Å². The molecule has 0 atom stereocenters. The van der Waals surface area contributed by atoms with Gasteiger partial charge in [-0.15, -0.1) is 0 Å². The summed E-state index contributed by atoms with van der Waals surface area (Å²) in [4.78, 5) is 14.5. The Hall–Kier alpha value is -2.77. The van der Waals surface area contributed by atoms with Crippen LogP contribution in [0.4, 0.5) is 13.2 Å². The third kappa shape index (κ3) is 3.22. The highest BCUT2D eigenvalue weighted by molar-refractivity contribution is 5.95. The Bertz CT molecular complexity index is 687. The molecule has 1 aromatic carbocycles. The second-order valence-electron chi connectivity index (χ2n) is 3.98. The molecule has 1 amide bonds. The van der Waals surface area contributed by atoms with Crippen molar-refractivity contribution < 1.29 is 27.8 Å². The van der Waals surface area contributed by atoms with E-state index in [9.17, 15) is 23.1 Å². The van der Waals surface area contributed by atoms with Gasteiger partial charge < -0.3 is 15.6 Å². The van der Waals surface area contributed by atoms with Gasteiger partial charge in [-0.3, -0.25) is 4.79 Å². The highest BCUT2D eigenvalue weighted by Crippen LogP contribution is 2.34. The monoisotopic (exact) mass is 298 g/mol. The Labute approximate surface area is 116 Å². The Morgan fingerprint density at radius 1 is 1.19 bits per heavy atom. The number of rotatable bonds is 3. The quantitative estimate of drug-likeness (QED) is 0.912. The number of nitrogens with zero attached hydrogens (tertiary/aromatic N) is 1. The minimum Gasteiger partial charge on any atom is -0.504 e. The van der Waals surface area contributed by atoms with E-state index in [1.165, 1.54) is 24.3 Å². The Morgan fingerprint density at radius 3 is 2.43 bits per heavy atom. The van der Waals surface area contributed by atoms with Crippen LogP contribution in [0.15, 0.2) is 36.4 Å². The summed E-state index contributed by atoms with van der Waals surface area (Å²) in [6.45, 7) is 0. The van der Waals surface area contributed by atoms with Crippen molar-refractivity contribution in [3.05, 3.63) is 47.7 Å². The molecule has 3 N–H and O–H groups in total. The first-order chi connectivity index (χ1) is 9.79. The van der Waals surface area contributed by atoms with Crippen LogP contribution in [0.1, 0.15) is 16.1 Å². The number of hydrogen-bond donors (Lipinski definition) is 2. The Kier molecular flexibility index (Phi) is 3.70. The van der Waals surface area contributed by atoms with Gasteiger partial charge in [-0.2, -0.15) is 13.2 Å². The summed E-state index contributed by atoms with van der Waals surface area (Å²) in [7, 11) is 0. The molecule has 0 radical (unpaired) electrons.